The molecule has 0 saturated heterocycles. The number of hydrogen-bond donors (Lipinski definition) is 3. The summed E-state index contributed by atoms with van der Waals surface area (Å²) < 4.78 is 16.6. The first kappa shape index (κ1) is 26.9. The van der Waals surface area contributed by atoms with Crippen LogP contribution in [0, 0.1) is 19.8 Å². The number of benzene rings is 1. The summed E-state index contributed by atoms with van der Waals surface area (Å²) in [5, 5.41) is 25.5. The molecule has 3 rings (SSSR count). The van der Waals surface area contributed by atoms with Crippen molar-refractivity contribution in [2.24, 2.45) is 5.92 Å². The summed E-state index contributed by atoms with van der Waals surface area (Å²) >= 11 is 8.09. The van der Waals surface area contributed by atoms with Crippen LogP contribution in [0.3, 0.4) is 0 Å². The highest BCUT2D eigenvalue weighted by Crippen LogP contribution is 2.40. The van der Waals surface area contributed by atoms with Gasteiger partial charge in [-0.1, -0.05) is 30.6 Å². The minimum atomic E-state index is -1.01. The van der Waals surface area contributed by atoms with Gasteiger partial charge in [0, 0.05) is 17.0 Å². The first-order chi connectivity index (χ1) is 16.6. The van der Waals surface area contributed by atoms with Crippen molar-refractivity contribution in [1.82, 2.24) is 15.5 Å². The molecule has 1 amide bonds. The summed E-state index contributed by atoms with van der Waals surface area (Å²) in [6, 6.07) is 3.30. The maximum absolute atomic E-state index is 11.1. The molecule has 2 heterocycles. The first-order valence-corrected chi connectivity index (χ1v) is 12.3. The number of hydrogen-bond acceptors (Lipinski definition) is 9. The number of rotatable bonds is 11. The number of aryl methyl sites for hydroxylation is 1. The lowest BCUT2D eigenvalue weighted by Crippen LogP contribution is -2.36. The Bertz CT molecular complexity index is 1180. The number of aromatic nitrogens is 2. The van der Waals surface area contributed by atoms with Crippen molar-refractivity contribution in [2.45, 2.75) is 40.2 Å². The van der Waals surface area contributed by atoms with E-state index >= 15 is 0 Å². The molecule has 0 spiro atoms. The molecular formula is C24H30ClN3O6S. The Kier molecular flexibility index (Phi) is 9.12. The third-order valence-electron chi connectivity index (χ3n) is 5.29. The monoisotopic (exact) mass is 523 g/mol. The molecule has 35 heavy (non-hydrogen) atoms. The van der Waals surface area contributed by atoms with E-state index in [1.165, 1.54) is 17.6 Å². The molecule has 1 unspecified atom stereocenters. The minimum Gasteiger partial charge on any atom is -0.493 e. The molecule has 9 nitrogen and oxygen atoms in total. The van der Waals surface area contributed by atoms with Crippen molar-refractivity contribution in [3.63, 3.8) is 0 Å². The molecule has 0 bridgehead atoms. The lowest BCUT2D eigenvalue weighted by molar-refractivity contribution is -0.124. The van der Waals surface area contributed by atoms with Crippen molar-refractivity contribution in [1.29, 1.82) is 0 Å². The summed E-state index contributed by atoms with van der Waals surface area (Å²) in [5.74, 6) is 1.32. The average Bonchev–Trinajstić information content (AvgIpc) is 3.41. The molecule has 1 atom stereocenters. The van der Waals surface area contributed by atoms with Crippen LogP contribution in [0.1, 0.15) is 29.9 Å². The van der Waals surface area contributed by atoms with Crippen LogP contribution in [-0.4, -0.2) is 59.2 Å². The third kappa shape index (κ3) is 6.52. The van der Waals surface area contributed by atoms with Gasteiger partial charge in [-0.2, -0.15) is 4.98 Å². The number of aliphatic hydroxyl groups excluding tert-OH is 2. The second kappa shape index (κ2) is 11.9. The van der Waals surface area contributed by atoms with Gasteiger partial charge in [-0.25, -0.2) is 0 Å². The summed E-state index contributed by atoms with van der Waals surface area (Å²) in [7, 11) is 1.47. The van der Waals surface area contributed by atoms with E-state index in [0.29, 0.717) is 28.9 Å². The van der Waals surface area contributed by atoms with Crippen LogP contribution in [0.2, 0.25) is 5.02 Å². The highest BCUT2D eigenvalue weighted by molar-refractivity contribution is 7.15. The van der Waals surface area contributed by atoms with Crippen LogP contribution in [0.4, 0.5) is 0 Å². The molecule has 11 heteroatoms. The highest BCUT2D eigenvalue weighted by atomic mass is 35.5. The molecule has 3 N–H and O–H groups in total. The molecule has 1 aromatic carbocycles. The van der Waals surface area contributed by atoms with Crippen molar-refractivity contribution >= 4 is 28.8 Å². The number of methoxy groups -OCH3 is 1. The topological polar surface area (TPSA) is 127 Å². The number of thiophene rings is 1. The van der Waals surface area contributed by atoms with Crippen LogP contribution in [0.25, 0.3) is 22.2 Å². The molecule has 3 aromatic rings. The smallest absolute Gasteiger partial charge is 0.268 e. The van der Waals surface area contributed by atoms with E-state index < -0.39 is 18.6 Å². The second-order valence-electron chi connectivity index (χ2n) is 8.53. The summed E-state index contributed by atoms with van der Waals surface area (Å²) in [6.45, 7) is 7.69. The van der Waals surface area contributed by atoms with Gasteiger partial charge in [0.05, 0.1) is 17.0 Å². The zero-order valence-corrected chi connectivity index (χ0v) is 21.9. The molecule has 0 aliphatic heterocycles. The largest absolute Gasteiger partial charge is 0.493 e. The second-order valence-corrected chi connectivity index (χ2v) is 10.2. The number of aliphatic hydroxyl groups is 2. The Hall–Kier alpha value is -2.66. The van der Waals surface area contributed by atoms with E-state index in [1.807, 2.05) is 0 Å². The summed E-state index contributed by atoms with van der Waals surface area (Å²) in [4.78, 5) is 17.9. The summed E-state index contributed by atoms with van der Waals surface area (Å²) in [6.07, 6.45) is -0.0184. The van der Waals surface area contributed by atoms with Gasteiger partial charge < -0.3 is 29.5 Å². The number of carbonyl (C=O) groups is 1. The first-order valence-electron chi connectivity index (χ1n) is 11.1. The minimum absolute atomic E-state index is 0.0798. The van der Waals surface area contributed by atoms with Crippen molar-refractivity contribution in [2.75, 3.05) is 26.9 Å². The van der Waals surface area contributed by atoms with Crippen LogP contribution in [0.5, 0.6) is 11.5 Å². The number of nitrogens with one attached hydrogen (secondary N) is 1. The standard InChI is InChI=1S/C24H30ClN3O6S/c1-12(2)6-17-13(3)22(35-14(17)4)24-27-23(28-34-24)15-7-18(25)21(19(8-15)32-5)33-11-16(30)9-26-20(31)10-29/h7-8,12,16,29-30H,6,9-11H2,1-5H3,(H,26,31). The molecule has 0 saturated carbocycles. The Labute approximate surface area is 213 Å². The highest BCUT2D eigenvalue weighted by Gasteiger charge is 2.22. The number of halogens is 1. The predicted octanol–water partition coefficient (Wildman–Crippen LogP) is 3.79. The maximum atomic E-state index is 11.1. The lowest BCUT2D eigenvalue weighted by Gasteiger charge is -2.16. The molecule has 2 aromatic heterocycles. The van der Waals surface area contributed by atoms with Crippen LogP contribution in [0.15, 0.2) is 16.7 Å². The molecule has 0 aliphatic rings. The Morgan fingerprint density at radius 2 is 2.06 bits per heavy atom. The molecule has 190 valence electrons. The fraction of sp³-hybridized carbons (Fsp3) is 0.458. The fourth-order valence-electron chi connectivity index (χ4n) is 3.55. The van der Waals surface area contributed by atoms with Crippen molar-refractivity contribution in [3.8, 4) is 33.7 Å². The van der Waals surface area contributed by atoms with Crippen LogP contribution in [-0.2, 0) is 11.2 Å². The zero-order valence-electron chi connectivity index (χ0n) is 20.3. The predicted molar refractivity (Wildman–Crippen MR) is 134 cm³/mol. The van der Waals surface area contributed by atoms with E-state index in [9.17, 15) is 9.90 Å². The Morgan fingerprint density at radius 1 is 1.31 bits per heavy atom. The normalized spacial score (nSPS) is 12.1. The van der Waals surface area contributed by atoms with Crippen molar-refractivity contribution in [3.05, 3.63) is 33.2 Å². The van der Waals surface area contributed by atoms with Gasteiger partial charge in [0.1, 0.15) is 19.3 Å². The van der Waals surface area contributed by atoms with Gasteiger partial charge in [-0.3, -0.25) is 4.79 Å². The third-order valence-corrected chi connectivity index (χ3v) is 6.81. The number of nitrogens with zero attached hydrogens (tertiary/aromatic N) is 2. The molecule has 0 aliphatic carbocycles. The maximum Gasteiger partial charge on any atom is 0.268 e. The van der Waals surface area contributed by atoms with Crippen LogP contribution < -0.4 is 14.8 Å². The van der Waals surface area contributed by atoms with E-state index in [0.717, 1.165) is 16.9 Å². The van der Waals surface area contributed by atoms with Crippen LogP contribution >= 0.6 is 22.9 Å². The number of amides is 1. The van der Waals surface area contributed by atoms with Gasteiger partial charge in [0.2, 0.25) is 11.7 Å². The average molecular weight is 524 g/mol. The zero-order chi connectivity index (χ0) is 25.7. The Morgan fingerprint density at radius 3 is 2.71 bits per heavy atom. The molecular weight excluding hydrogens is 494 g/mol. The lowest BCUT2D eigenvalue weighted by atomic mass is 9.99. The fourth-order valence-corrected chi connectivity index (χ4v) is 4.93. The van der Waals surface area contributed by atoms with E-state index in [1.54, 1.807) is 23.5 Å². The van der Waals surface area contributed by atoms with Gasteiger partial charge in [0.15, 0.2) is 11.5 Å². The SMILES string of the molecule is COc1cc(-c2noc(-c3sc(C)c(CC(C)C)c3C)n2)cc(Cl)c1OCC(O)CNC(=O)CO. The van der Waals surface area contributed by atoms with Gasteiger partial charge in [0.25, 0.3) is 5.89 Å². The van der Waals surface area contributed by atoms with Gasteiger partial charge in [-0.15, -0.1) is 11.3 Å². The molecule has 0 radical (unpaired) electrons. The van der Waals surface area contributed by atoms with Gasteiger partial charge >= 0.3 is 0 Å². The van der Waals surface area contributed by atoms with Gasteiger partial charge in [-0.05, 0) is 49.4 Å². The number of carbonyl (C=O) groups excluding carboxylic acids is 1. The van der Waals surface area contributed by atoms with Crippen molar-refractivity contribution < 1.29 is 29.0 Å². The van der Waals surface area contributed by atoms with E-state index in [2.05, 4.69) is 43.2 Å². The number of ether oxygens (including phenoxy) is 2. The quantitative estimate of drug-likeness (QED) is 0.346. The summed E-state index contributed by atoms with van der Waals surface area (Å²) in [5.41, 5.74) is 3.06. The Balaban J connectivity index is 1.80. The molecule has 0 fully saturated rings. The van der Waals surface area contributed by atoms with E-state index in [4.69, 9.17) is 30.7 Å². The van der Waals surface area contributed by atoms with E-state index in [-0.39, 0.29) is 23.9 Å².